The van der Waals surface area contributed by atoms with Crippen molar-refractivity contribution in [2.45, 2.75) is 18.7 Å². The Balaban J connectivity index is 1.06. The molecule has 0 saturated carbocycles. The van der Waals surface area contributed by atoms with E-state index in [-0.39, 0.29) is 18.1 Å². The summed E-state index contributed by atoms with van der Waals surface area (Å²) in [4.78, 5) is 20.8. The first kappa shape index (κ1) is 24.0. The van der Waals surface area contributed by atoms with E-state index >= 15 is 0 Å². The lowest BCUT2D eigenvalue weighted by molar-refractivity contribution is -0.119. The molecule has 6 nitrogen and oxygen atoms in total. The van der Waals surface area contributed by atoms with E-state index in [9.17, 15) is 4.79 Å². The summed E-state index contributed by atoms with van der Waals surface area (Å²) in [5, 5.41) is 4.13. The molecule has 10 heteroatoms. The van der Waals surface area contributed by atoms with Gasteiger partial charge in [0.2, 0.25) is 5.91 Å². The van der Waals surface area contributed by atoms with Crippen LogP contribution in [0.3, 0.4) is 0 Å². The maximum atomic E-state index is 12.5. The second-order valence-corrected chi connectivity index (χ2v) is 11.5. The van der Waals surface area contributed by atoms with Gasteiger partial charge in [-0.15, -0.1) is 0 Å². The number of ether oxygens (including phenoxy) is 1. The number of anilines is 1. The van der Waals surface area contributed by atoms with Crippen LogP contribution >= 0.6 is 46.7 Å². The minimum atomic E-state index is -0.0462. The van der Waals surface area contributed by atoms with E-state index in [1.165, 1.54) is 22.2 Å². The Hall–Kier alpha value is -1.68. The molecule has 3 aliphatic rings. The molecule has 0 bridgehead atoms. The second-order valence-electron chi connectivity index (χ2n) is 8.40. The first-order valence-electron chi connectivity index (χ1n) is 11.0. The van der Waals surface area contributed by atoms with Gasteiger partial charge in [0.25, 0.3) is 0 Å². The molecule has 1 fully saturated rings. The number of thioether (sulfide) groups is 2. The zero-order valence-electron chi connectivity index (χ0n) is 18.3. The first-order chi connectivity index (χ1) is 16.4. The summed E-state index contributed by atoms with van der Waals surface area (Å²) >= 11 is 15.3. The van der Waals surface area contributed by atoms with Crippen molar-refractivity contribution in [3.63, 3.8) is 0 Å². The summed E-state index contributed by atoms with van der Waals surface area (Å²) in [6, 6.07) is 11.7. The third kappa shape index (κ3) is 5.58. The maximum absolute atomic E-state index is 12.5. The van der Waals surface area contributed by atoms with Gasteiger partial charge in [0.1, 0.15) is 10.4 Å². The predicted molar refractivity (Wildman–Crippen MR) is 144 cm³/mol. The topological polar surface area (TPSA) is 79.9 Å². The van der Waals surface area contributed by atoms with Gasteiger partial charge in [0.15, 0.2) is 0 Å². The van der Waals surface area contributed by atoms with Gasteiger partial charge in [-0.1, -0.05) is 58.9 Å². The first-order valence-corrected chi connectivity index (χ1v) is 13.5. The van der Waals surface area contributed by atoms with Gasteiger partial charge in [-0.2, -0.15) is 0 Å². The Morgan fingerprint density at radius 1 is 1.26 bits per heavy atom. The number of halogens is 2. The molecule has 3 N–H and O–H groups in total. The number of carbonyl (C=O) groups excluding carboxylic acids is 1. The summed E-state index contributed by atoms with van der Waals surface area (Å²) in [5.74, 6) is 0.309. The van der Waals surface area contributed by atoms with Crippen molar-refractivity contribution in [1.29, 1.82) is 0 Å². The second kappa shape index (κ2) is 10.5. The minimum absolute atomic E-state index is 0.0193. The molecule has 34 heavy (non-hydrogen) atoms. The zero-order valence-corrected chi connectivity index (χ0v) is 21.4. The van der Waals surface area contributed by atoms with Gasteiger partial charge in [0.05, 0.1) is 28.5 Å². The number of nitrogens with zero attached hydrogens (tertiary/aromatic N) is 2. The predicted octanol–water partition coefficient (Wildman–Crippen LogP) is 4.82. The number of amides is 1. The van der Waals surface area contributed by atoms with Crippen LogP contribution in [0.1, 0.15) is 22.7 Å². The minimum Gasteiger partial charge on any atom is -0.399 e. The van der Waals surface area contributed by atoms with Crippen molar-refractivity contribution in [3.05, 3.63) is 68.0 Å². The average Bonchev–Trinajstić information content (AvgIpc) is 3.37. The van der Waals surface area contributed by atoms with Crippen molar-refractivity contribution in [3.8, 4) is 0 Å². The highest BCUT2D eigenvalue weighted by Gasteiger charge is 2.32. The van der Waals surface area contributed by atoms with Crippen molar-refractivity contribution in [1.82, 2.24) is 10.2 Å². The van der Waals surface area contributed by atoms with Crippen molar-refractivity contribution in [2.24, 2.45) is 4.99 Å². The number of hydrogen-bond donors (Lipinski definition) is 2. The quantitative estimate of drug-likeness (QED) is 0.517. The number of fused-ring (bicyclic) bond motifs is 3. The van der Waals surface area contributed by atoms with Crippen molar-refractivity contribution in [2.75, 3.05) is 37.7 Å². The number of nitrogens with one attached hydrogen (secondary N) is 1. The highest BCUT2D eigenvalue weighted by Crippen LogP contribution is 2.50. The summed E-state index contributed by atoms with van der Waals surface area (Å²) in [6.07, 6.45) is 2.11. The van der Waals surface area contributed by atoms with E-state index in [0.717, 1.165) is 40.8 Å². The maximum Gasteiger partial charge on any atom is 0.230 e. The number of rotatable bonds is 6. The van der Waals surface area contributed by atoms with Crippen molar-refractivity contribution < 1.29 is 9.53 Å². The SMILES string of the molecule is Nc1ccc2c(c1)C1N=C(SCC(=O)NCC3CN(Cc4ccc(Cl)c(Cl)c4)CCO3)SC1=C2. The molecule has 2 aromatic carbocycles. The number of carbonyl (C=O) groups is 1. The molecule has 1 aliphatic carbocycles. The Morgan fingerprint density at radius 2 is 2.15 bits per heavy atom. The molecular weight excluding hydrogens is 511 g/mol. The lowest BCUT2D eigenvalue weighted by Crippen LogP contribution is -2.47. The standard InChI is InChI=1S/C24H24Cl2N4O2S2/c25-19-4-1-14(7-20(19)26)11-30-5-6-32-17(12-30)10-28-22(31)13-33-24-29-23-18-9-16(27)3-2-15(18)8-21(23)34-24/h1-4,7-9,17,23H,5-6,10-13,27H2,(H,28,31). The number of hydrogen-bond acceptors (Lipinski definition) is 7. The van der Waals surface area contributed by atoms with Gasteiger partial charge in [0, 0.05) is 36.8 Å². The van der Waals surface area contributed by atoms with E-state index in [1.807, 2.05) is 36.4 Å². The van der Waals surface area contributed by atoms with Crippen LogP contribution in [-0.4, -0.2) is 53.3 Å². The number of benzene rings is 2. The average molecular weight is 536 g/mol. The number of aliphatic imine (C=N–C) groups is 1. The Morgan fingerprint density at radius 3 is 3.00 bits per heavy atom. The molecule has 2 heterocycles. The van der Waals surface area contributed by atoms with Gasteiger partial charge >= 0.3 is 0 Å². The number of nitrogen functional groups attached to an aromatic ring is 1. The van der Waals surface area contributed by atoms with Crippen LogP contribution in [0.5, 0.6) is 0 Å². The third-order valence-electron chi connectivity index (χ3n) is 5.88. The number of nitrogens with two attached hydrogens (primary N) is 1. The lowest BCUT2D eigenvalue weighted by atomic mass is 10.1. The molecular formula is C24H24Cl2N4O2S2. The van der Waals surface area contributed by atoms with E-state index in [0.29, 0.717) is 28.9 Å². The molecule has 2 unspecified atom stereocenters. The fraction of sp³-hybridized carbons (Fsp3) is 0.333. The van der Waals surface area contributed by atoms with Crippen LogP contribution in [0, 0.1) is 0 Å². The summed E-state index contributed by atoms with van der Waals surface area (Å²) in [6.45, 7) is 3.46. The van der Waals surface area contributed by atoms with Gasteiger partial charge in [-0.05, 0) is 47.0 Å². The van der Waals surface area contributed by atoms with Crippen LogP contribution in [0.2, 0.25) is 10.0 Å². The molecule has 5 rings (SSSR count). The highest BCUT2D eigenvalue weighted by atomic mass is 35.5. The number of morpholine rings is 1. The third-order valence-corrected chi connectivity index (χ3v) is 8.84. The molecule has 2 atom stereocenters. The Bertz CT molecular complexity index is 1170. The van der Waals surface area contributed by atoms with Gasteiger partial charge in [-0.25, -0.2) is 0 Å². The highest BCUT2D eigenvalue weighted by molar-refractivity contribution is 8.40. The fourth-order valence-electron chi connectivity index (χ4n) is 4.21. The Labute approximate surface area is 217 Å². The molecule has 0 radical (unpaired) electrons. The smallest absolute Gasteiger partial charge is 0.230 e. The molecule has 0 aromatic heterocycles. The van der Waals surface area contributed by atoms with Gasteiger partial charge in [-0.3, -0.25) is 14.7 Å². The normalized spacial score (nSPS) is 21.6. The molecule has 2 aliphatic heterocycles. The van der Waals surface area contributed by atoms with Crippen LogP contribution < -0.4 is 11.1 Å². The lowest BCUT2D eigenvalue weighted by Gasteiger charge is -2.33. The molecule has 178 valence electrons. The van der Waals surface area contributed by atoms with E-state index < -0.39 is 0 Å². The van der Waals surface area contributed by atoms with E-state index in [2.05, 4.69) is 16.3 Å². The van der Waals surface area contributed by atoms with Crippen LogP contribution in [0.25, 0.3) is 6.08 Å². The van der Waals surface area contributed by atoms with E-state index in [4.69, 9.17) is 38.7 Å². The molecule has 1 saturated heterocycles. The molecule has 0 spiro atoms. The largest absolute Gasteiger partial charge is 0.399 e. The monoisotopic (exact) mass is 534 g/mol. The molecule has 1 amide bonds. The fourth-order valence-corrected chi connectivity index (χ4v) is 6.61. The van der Waals surface area contributed by atoms with Crippen LogP contribution in [0.15, 0.2) is 46.3 Å². The molecule has 2 aromatic rings. The van der Waals surface area contributed by atoms with Crippen LogP contribution in [-0.2, 0) is 16.1 Å². The summed E-state index contributed by atoms with van der Waals surface area (Å²) in [5.41, 5.74) is 10.1. The van der Waals surface area contributed by atoms with Crippen LogP contribution in [0.4, 0.5) is 5.69 Å². The van der Waals surface area contributed by atoms with Gasteiger partial charge < -0.3 is 15.8 Å². The van der Waals surface area contributed by atoms with Crippen molar-refractivity contribution >= 4 is 68.8 Å². The summed E-state index contributed by atoms with van der Waals surface area (Å²) < 4.78 is 6.77. The summed E-state index contributed by atoms with van der Waals surface area (Å²) in [7, 11) is 0. The van der Waals surface area contributed by atoms with E-state index in [1.54, 1.807) is 11.8 Å². The Kier molecular flexibility index (Phi) is 7.44. The zero-order chi connectivity index (χ0) is 23.7.